The number of hydrogen-bond donors (Lipinski definition) is 2. The molecule has 0 radical (unpaired) electrons. The second-order valence-corrected chi connectivity index (χ2v) is 6.57. The zero-order chi connectivity index (χ0) is 20.6. The summed E-state index contributed by atoms with van der Waals surface area (Å²) in [6, 6.07) is 5.82. The number of nitrogens with one attached hydrogen (secondary N) is 2. The van der Waals surface area contributed by atoms with Crippen molar-refractivity contribution in [2.75, 3.05) is 40.4 Å². The van der Waals surface area contributed by atoms with Gasteiger partial charge < -0.3 is 25.0 Å². The van der Waals surface area contributed by atoms with Crippen molar-refractivity contribution in [3.63, 3.8) is 0 Å². The van der Waals surface area contributed by atoms with Crippen LogP contribution in [-0.2, 0) is 16.1 Å². The van der Waals surface area contributed by atoms with E-state index in [4.69, 9.17) is 4.74 Å². The van der Waals surface area contributed by atoms with Crippen LogP contribution in [0.4, 0.5) is 13.2 Å². The maximum Gasteiger partial charge on any atom is 0.573 e. The first-order chi connectivity index (χ1) is 13.2. The van der Waals surface area contributed by atoms with Gasteiger partial charge >= 0.3 is 6.36 Å². The number of rotatable bonds is 7. The van der Waals surface area contributed by atoms with Crippen LogP contribution in [0.3, 0.4) is 0 Å². The van der Waals surface area contributed by atoms with E-state index in [1.807, 2.05) is 0 Å². The van der Waals surface area contributed by atoms with Crippen molar-refractivity contribution < 1.29 is 27.4 Å². The van der Waals surface area contributed by atoms with Crippen LogP contribution >= 0.6 is 0 Å². The number of benzene rings is 1. The van der Waals surface area contributed by atoms with E-state index < -0.39 is 6.36 Å². The molecule has 1 heterocycles. The van der Waals surface area contributed by atoms with Gasteiger partial charge in [-0.3, -0.25) is 4.79 Å². The van der Waals surface area contributed by atoms with Gasteiger partial charge in [0.1, 0.15) is 5.75 Å². The Morgan fingerprint density at radius 1 is 1.32 bits per heavy atom. The fourth-order valence-corrected chi connectivity index (χ4v) is 2.50. The van der Waals surface area contributed by atoms with Crippen molar-refractivity contribution in [2.45, 2.75) is 19.3 Å². The predicted molar refractivity (Wildman–Crippen MR) is 97.9 cm³/mol. The summed E-state index contributed by atoms with van der Waals surface area (Å²) in [5.74, 6) is 0.201. The van der Waals surface area contributed by atoms with Crippen LogP contribution in [-0.4, -0.2) is 63.5 Å². The number of carbonyl (C=O) groups excluding carboxylic acids is 1. The van der Waals surface area contributed by atoms with Crippen LogP contribution in [0.15, 0.2) is 29.3 Å². The summed E-state index contributed by atoms with van der Waals surface area (Å²) in [6.45, 7) is 1.90. The van der Waals surface area contributed by atoms with Crippen molar-refractivity contribution in [3.8, 4) is 5.75 Å². The number of amides is 1. The number of halogens is 3. The smallest absolute Gasteiger partial charge is 0.405 e. The second-order valence-electron chi connectivity index (χ2n) is 6.57. The topological polar surface area (TPSA) is 75.2 Å². The molecule has 0 saturated carbocycles. The molecule has 0 aliphatic carbocycles. The van der Waals surface area contributed by atoms with E-state index in [2.05, 4.69) is 20.4 Å². The van der Waals surface area contributed by atoms with E-state index in [0.29, 0.717) is 31.6 Å². The number of para-hydroxylation sites is 1. The number of likely N-dealkylation sites (N-methyl/N-ethyl adjacent to an activating group) is 1. The number of carbonyl (C=O) groups is 1. The Hall–Kier alpha value is -2.49. The van der Waals surface area contributed by atoms with Gasteiger partial charge in [-0.15, -0.1) is 13.2 Å². The van der Waals surface area contributed by atoms with Gasteiger partial charge in [-0.2, -0.15) is 0 Å². The van der Waals surface area contributed by atoms with Gasteiger partial charge in [0.25, 0.3) is 0 Å². The van der Waals surface area contributed by atoms with Gasteiger partial charge in [0.15, 0.2) is 5.96 Å². The van der Waals surface area contributed by atoms with E-state index in [1.165, 1.54) is 23.1 Å². The Bertz CT molecular complexity index is 674. The average molecular weight is 402 g/mol. The Morgan fingerprint density at radius 2 is 2.07 bits per heavy atom. The molecule has 1 aromatic rings. The Balaban J connectivity index is 2.06. The molecule has 10 heteroatoms. The molecular weight excluding hydrogens is 377 g/mol. The van der Waals surface area contributed by atoms with E-state index >= 15 is 0 Å². The molecule has 1 amide bonds. The van der Waals surface area contributed by atoms with Gasteiger partial charge in [-0.1, -0.05) is 18.2 Å². The first-order valence-electron chi connectivity index (χ1n) is 8.88. The van der Waals surface area contributed by atoms with Crippen molar-refractivity contribution in [1.82, 2.24) is 15.5 Å². The number of hydrogen-bond acceptors (Lipinski definition) is 4. The zero-order valence-electron chi connectivity index (χ0n) is 15.9. The highest BCUT2D eigenvalue weighted by atomic mass is 19.4. The third kappa shape index (κ3) is 7.63. The molecule has 1 fully saturated rings. The molecule has 1 aliphatic rings. The third-order valence-electron chi connectivity index (χ3n) is 4.09. The lowest BCUT2D eigenvalue weighted by molar-refractivity contribution is -0.274. The van der Waals surface area contributed by atoms with Gasteiger partial charge in [0, 0.05) is 38.7 Å². The minimum absolute atomic E-state index is 0.0146. The molecule has 1 aliphatic heterocycles. The Morgan fingerprint density at radius 3 is 2.71 bits per heavy atom. The molecule has 1 saturated heterocycles. The molecule has 1 aromatic carbocycles. The molecule has 2 rings (SSSR count). The number of ether oxygens (including phenoxy) is 2. The lowest BCUT2D eigenvalue weighted by Gasteiger charge is -2.17. The van der Waals surface area contributed by atoms with Gasteiger partial charge in [0.05, 0.1) is 19.7 Å². The van der Waals surface area contributed by atoms with Crippen molar-refractivity contribution in [1.29, 1.82) is 0 Å². The highest BCUT2D eigenvalue weighted by molar-refractivity contribution is 5.86. The summed E-state index contributed by atoms with van der Waals surface area (Å²) >= 11 is 0. The summed E-state index contributed by atoms with van der Waals surface area (Å²) in [7, 11) is 3.27. The van der Waals surface area contributed by atoms with Gasteiger partial charge in [-0.25, -0.2) is 4.99 Å². The maximum atomic E-state index is 12.6. The Labute approximate surface area is 161 Å². The highest BCUT2D eigenvalue weighted by Gasteiger charge is 2.31. The van der Waals surface area contributed by atoms with Gasteiger partial charge in [-0.05, 0) is 12.5 Å². The number of nitrogens with zero attached hydrogens (tertiary/aromatic N) is 2. The van der Waals surface area contributed by atoms with Crippen molar-refractivity contribution >= 4 is 11.9 Å². The summed E-state index contributed by atoms with van der Waals surface area (Å²) in [4.78, 5) is 17.6. The minimum Gasteiger partial charge on any atom is -0.405 e. The summed E-state index contributed by atoms with van der Waals surface area (Å²) in [5.41, 5.74) is 0.282. The molecule has 1 atom stereocenters. The minimum atomic E-state index is -4.78. The molecule has 0 aromatic heterocycles. The van der Waals surface area contributed by atoms with E-state index in [-0.39, 0.29) is 30.3 Å². The van der Waals surface area contributed by atoms with Crippen LogP contribution in [0.2, 0.25) is 0 Å². The lowest BCUT2D eigenvalue weighted by atomic mass is 10.1. The molecular formula is C18H25F3N4O3. The molecule has 0 bridgehead atoms. The third-order valence-corrected chi connectivity index (χ3v) is 4.09. The summed E-state index contributed by atoms with van der Waals surface area (Å²) < 4.78 is 47.1. The molecule has 0 spiro atoms. The van der Waals surface area contributed by atoms with E-state index in [0.717, 1.165) is 6.42 Å². The van der Waals surface area contributed by atoms with Crippen LogP contribution in [0.5, 0.6) is 5.75 Å². The van der Waals surface area contributed by atoms with Crippen LogP contribution in [0, 0.1) is 5.92 Å². The number of aliphatic imine (C=N–C) groups is 1. The fraction of sp³-hybridized carbons (Fsp3) is 0.556. The highest BCUT2D eigenvalue weighted by Crippen LogP contribution is 2.26. The fourth-order valence-electron chi connectivity index (χ4n) is 2.50. The first-order valence-corrected chi connectivity index (χ1v) is 8.88. The molecule has 2 N–H and O–H groups in total. The number of guanidine groups is 1. The van der Waals surface area contributed by atoms with E-state index in [9.17, 15) is 18.0 Å². The normalized spacial score (nSPS) is 17.3. The molecule has 156 valence electrons. The van der Waals surface area contributed by atoms with E-state index in [1.54, 1.807) is 20.2 Å². The second kappa shape index (κ2) is 10.2. The Kier molecular flexibility index (Phi) is 7.91. The molecule has 7 nitrogen and oxygen atoms in total. The summed E-state index contributed by atoms with van der Waals surface area (Å²) in [6.07, 6.45) is -3.86. The quantitative estimate of drug-likeness (QED) is 0.537. The maximum absolute atomic E-state index is 12.6. The zero-order valence-corrected chi connectivity index (χ0v) is 15.9. The SMILES string of the molecule is CN(C)C(=O)CNC(=NCc1ccccc1OC(F)(F)F)NCC1CCOC1. The molecule has 1 unspecified atom stereocenters. The van der Waals surface area contributed by atoms with Crippen LogP contribution in [0.25, 0.3) is 0 Å². The summed E-state index contributed by atoms with van der Waals surface area (Å²) in [5, 5.41) is 6.03. The predicted octanol–water partition coefficient (Wildman–Crippen LogP) is 1.75. The van der Waals surface area contributed by atoms with Crippen molar-refractivity contribution in [2.24, 2.45) is 10.9 Å². The molecule has 28 heavy (non-hydrogen) atoms. The number of alkyl halides is 3. The average Bonchev–Trinajstić information content (AvgIpc) is 3.14. The standard InChI is InChI=1S/C18H25F3N4O3/c1-25(2)16(26)11-24-17(22-9-13-7-8-27-12-13)23-10-14-5-3-4-6-15(14)28-18(19,20)21/h3-6,13H,7-12H2,1-2H3,(H2,22,23,24). The monoisotopic (exact) mass is 402 g/mol. The van der Waals surface area contributed by atoms with Gasteiger partial charge in [0.2, 0.25) is 5.91 Å². The van der Waals surface area contributed by atoms with Crippen LogP contribution in [0.1, 0.15) is 12.0 Å². The van der Waals surface area contributed by atoms with Crippen molar-refractivity contribution in [3.05, 3.63) is 29.8 Å². The lowest BCUT2D eigenvalue weighted by Crippen LogP contribution is -2.44. The first kappa shape index (κ1) is 21.8. The largest absolute Gasteiger partial charge is 0.573 e. The van der Waals surface area contributed by atoms with Crippen LogP contribution < -0.4 is 15.4 Å².